The molecule has 0 saturated carbocycles. The predicted molar refractivity (Wildman–Crippen MR) is 153 cm³/mol. The van der Waals surface area contributed by atoms with E-state index >= 15 is 0 Å². The lowest BCUT2D eigenvalue weighted by molar-refractivity contribution is -0.383. The van der Waals surface area contributed by atoms with Crippen molar-refractivity contribution in [1.82, 2.24) is 9.80 Å². The van der Waals surface area contributed by atoms with Crippen LogP contribution in [0.25, 0.3) is 43.1 Å². The predicted octanol–water partition coefficient (Wildman–Crippen LogP) is 6.27. The summed E-state index contributed by atoms with van der Waals surface area (Å²) in [4.78, 5) is 74.6. The van der Waals surface area contributed by atoms with Crippen molar-refractivity contribution >= 4 is 124 Å². The van der Waals surface area contributed by atoms with Gasteiger partial charge in [0.1, 0.15) is 0 Å². The van der Waals surface area contributed by atoms with Gasteiger partial charge in [0, 0.05) is 44.8 Å². The van der Waals surface area contributed by atoms with Gasteiger partial charge in [-0.3, -0.25) is 39.4 Å². The maximum absolute atomic E-state index is 13.4. The molecule has 2 heterocycles. The van der Waals surface area contributed by atoms with Gasteiger partial charge in [-0.1, -0.05) is 58.5 Å². The van der Waals surface area contributed by atoms with Crippen molar-refractivity contribution in [2.45, 2.75) is 9.92 Å². The first-order chi connectivity index (χ1) is 19.9. The van der Waals surface area contributed by atoms with Crippen molar-refractivity contribution in [1.29, 1.82) is 0 Å². The molecule has 5 aromatic carbocycles. The van der Waals surface area contributed by atoms with Gasteiger partial charge in [-0.05, 0) is 22.9 Å². The molecule has 0 bridgehead atoms. The molecule has 0 atom stereocenters. The number of non-ortho nitro benzene ring substituents is 2. The van der Waals surface area contributed by atoms with E-state index in [9.17, 15) is 39.4 Å². The van der Waals surface area contributed by atoms with Crippen LogP contribution in [0, 0.1) is 20.2 Å². The molecule has 16 heteroatoms. The lowest BCUT2D eigenvalue weighted by atomic mass is 9.81. The molecule has 2 aliphatic heterocycles. The number of carbonyl (C=O) groups excluding carboxylic acids is 4. The summed E-state index contributed by atoms with van der Waals surface area (Å²) in [7, 11) is 0. The number of benzene rings is 5. The third kappa shape index (κ3) is 3.09. The van der Waals surface area contributed by atoms with E-state index in [1.54, 1.807) is 0 Å². The van der Waals surface area contributed by atoms with Gasteiger partial charge in [0.2, 0.25) is 0 Å². The minimum Gasteiger partial charge on any atom is -0.268 e. The monoisotopic (exact) mass is 644 g/mol. The number of hydrogen-bond acceptors (Lipinski definition) is 8. The maximum Gasteiger partial charge on any atom is 0.278 e. The van der Waals surface area contributed by atoms with Crippen molar-refractivity contribution in [2.75, 3.05) is 0 Å². The van der Waals surface area contributed by atoms with E-state index in [4.69, 9.17) is 46.4 Å². The van der Waals surface area contributed by atoms with Crippen molar-refractivity contribution in [3.63, 3.8) is 0 Å². The smallest absolute Gasteiger partial charge is 0.268 e. The number of halogens is 4. The molecule has 0 saturated heterocycles. The van der Waals surface area contributed by atoms with Crippen LogP contribution in [0.5, 0.6) is 0 Å². The van der Waals surface area contributed by atoms with Crippen LogP contribution in [0.4, 0.5) is 11.4 Å². The Morgan fingerprint density at radius 1 is 0.524 bits per heavy atom. The molecular formula is C26H8Cl4N4O8. The van der Waals surface area contributed by atoms with E-state index < -0.39 is 54.8 Å². The molecule has 0 unspecified atom stereocenters. The van der Waals surface area contributed by atoms with E-state index in [1.807, 2.05) is 0 Å². The largest absolute Gasteiger partial charge is 0.278 e. The molecular weight excluding hydrogens is 638 g/mol. The van der Waals surface area contributed by atoms with Crippen molar-refractivity contribution in [3.05, 3.63) is 78.9 Å². The van der Waals surface area contributed by atoms with Crippen LogP contribution in [0.1, 0.15) is 41.4 Å². The summed E-state index contributed by atoms with van der Waals surface area (Å²) in [6, 6.07) is 7.29. The van der Waals surface area contributed by atoms with Gasteiger partial charge in [0.05, 0.1) is 31.7 Å². The zero-order chi connectivity index (χ0) is 30.1. The van der Waals surface area contributed by atoms with Gasteiger partial charge < -0.3 is 0 Å². The Bertz CT molecular complexity index is 2060. The van der Waals surface area contributed by atoms with Crippen LogP contribution < -0.4 is 0 Å². The first kappa shape index (κ1) is 26.5. The highest BCUT2D eigenvalue weighted by Crippen LogP contribution is 2.51. The molecule has 0 aromatic heterocycles. The third-order valence-corrected chi connectivity index (χ3v) is 8.42. The van der Waals surface area contributed by atoms with Gasteiger partial charge in [-0.15, -0.1) is 0 Å². The van der Waals surface area contributed by atoms with Gasteiger partial charge in [0.25, 0.3) is 35.0 Å². The number of imide groups is 2. The second-order valence-corrected chi connectivity index (χ2v) is 11.6. The number of carbonyl (C=O) groups is 4. The lowest BCUT2D eigenvalue weighted by Gasteiger charge is -2.30. The molecule has 208 valence electrons. The Kier molecular flexibility index (Phi) is 5.42. The minimum absolute atomic E-state index is 0.0205. The summed E-state index contributed by atoms with van der Waals surface area (Å²) in [5.74, 6) is -3.72. The first-order valence-corrected chi connectivity index (χ1v) is 13.5. The van der Waals surface area contributed by atoms with E-state index in [0.29, 0.717) is 9.80 Å². The fourth-order valence-electron chi connectivity index (χ4n) is 6.10. The Labute approximate surface area is 251 Å². The number of rotatable bonds is 4. The minimum atomic E-state index is -1.60. The van der Waals surface area contributed by atoms with Crippen LogP contribution in [0.15, 0.2) is 36.4 Å². The van der Waals surface area contributed by atoms with Crippen molar-refractivity contribution < 1.29 is 29.0 Å². The van der Waals surface area contributed by atoms with Crippen LogP contribution in [0.3, 0.4) is 0 Å². The molecule has 12 nitrogen and oxygen atoms in total. The average Bonchev–Trinajstić information content (AvgIpc) is 2.92. The number of alkyl halides is 4. The van der Waals surface area contributed by atoms with Crippen LogP contribution in [0.2, 0.25) is 0 Å². The number of nitro groups is 2. The van der Waals surface area contributed by atoms with E-state index in [-0.39, 0.29) is 65.3 Å². The summed E-state index contributed by atoms with van der Waals surface area (Å²) in [5, 5.41) is 25.1. The van der Waals surface area contributed by atoms with Crippen molar-refractivity contribution in [2.24, 2.45) is 0 Å². The summed E-state index contributed by atoms with van der Waals surface area (Å²) >= 11 is 23.6. The molecule has 0 spiro atoms. The lowest BCUT2D eigenvalue weighted by Crippen LogP contribution is -2.43. The van der Waals surface area contributed by atoms with Crippen molar-refractivity contribution in [3.8, 4) is 0 Å². The molecule has 4 amide bonds. The third-order valence-electron chi connectivity index (χ3n) is 7.64. The van der Waals surface area contributed by atoms with Gasteiger partial charge >= 0.3 is 0 Å². The normalized spacial score (nSPS) is 15.1. The summed E-state index contributed by atoms with van der Waals surface area (Å²) in [6.45, 7) is 0. The van der Waals surface area contributed by atoms with Crippen LogP contribution in [-0.4, -0.2) is 53.2 Å². The topological polar surface area (TPSA) is 161 Å². The zero-order valence-electron chi connectivity index (χ0n) is 20.2. The van der Waals surface area contributed by atoms with Gasteiger partial charge in [-0.2, -0.15) is 0 Å². The fourth-order valence-corrected chi connectivity index (χ4v) is 6.81. The Hall–Kier alpha value is -4.36. The number of nitrogens with zero attached hydrogens (tertiary/aromatic N) is 4. The Morgan fingerprint density at radius 2 is 0.857 bits per heavy atom. The fraction of sp³-hybridized carbons (Fsp3) is 0.0769. The van der Waals surface area contributed by atoms with Crippen LogP contribution >= 0.6 is 46.4 Å². The average molecular weight is 646 g/mol. The quantitative estimate of drug-likeness (QED) is 0.0420. The molecule has 0 aliphatic carbocycles. The first-order valence-electron chi connectivity index (χ1n) is 11.8. The van der Waals surface area contributed by atoms with Gasteiger partial charge in [0.15, 0.2) is 9.92 Å². The second-order valence-electron chi connectivity index (χ2n) is 9.49. The summed E-state index contributed by atoms with van der Waals surface area (Å²) in [6.07, 6.45) is 0. The SMILES string of the molecule is O=C1c2ccc3c4c([N+](=O)[O-])cc5c6c(ccc(c7c([N+](=O)[O-])cc(c2c37)C(=O)N1C(Cl)Cl)c64)C(=O)N(C(Cl)Cl)C5=O. The van der Waals surface area contributed by atoms with Crippen LogP contribution in [-0.2, 0) is 0 Å². The highest BCUT2D eigenvalue weighted by molar-refractivity contribution is 6.49. The highest BCUT2D eigenvalue weighted by Gasteiger charge is 2.42. The Balaban J connectivity index is 1.79. The standard InChI is InChI=1S/C26H8Cl4N4O8/c27-25(28)31-21(35)9-3-1-7-17-13(33(39)40)5-12-16-10(22(36)32(24(12)38)26(29)30)4-2-8(20(16)17)18-14(34(41)42)6-11(23(31)37)15(9)19(7)18/h1-6,25-26H. The zero-order valence-corrected chi connectivity index (χ0v) is 23.2. The number of amides is 4. The molecule has 0 N–H and O–H groups in total. The second kappa shape index (κ2) is 8.58. The summed E-state index contributed by atoms with van der Waals surface area (Å²) < 4.78 is 0. The number of fused-ring (bicyclic) bond motifs is 2. The molecule has 0 fully saturated rings. The molecule has 42 heavy (non-hydrogen) atoms. The van der Waals surface area contributed by atoms with E-state index in [1.165, 1.54) is 24.3 Å². The van der Waals surface area contributed by atoms with Gasteiger partial charge in [-0.25, -0.2) is 9.80 Å². The molecule has 2 aliphatic rings. The summed E-state index contributed by atoms with van der Waals surface area (Å²) in [5.41, 5.74) is -1.75. The molecule has 5 aromatic rings. The maximum atomic E-state index is 13.4. The van der Waals surface area contributed by atoms with E-state index in [2.05, 4.69) is 0 Å². The number of nitro benzene ring substituents is 2. The highest BCUT2D eigenvalue weighted by atomic mass is 35.5. The number of hydrogen-bond donors (Lipinski definition) is 0. The molecule has 0 radical (unpaired) electrons. The van der Waals surface area contributed by atoms with E-state index in [0.717, 1.165) is 12.1 Å². The molecule has 7 rings (SSSR count). The Morgan fingerprint density at radius 3 is 1.17 bits per heavy atom.